The summed E-state index contributed by atoms with van der Waals surface area (Å²) < 4.78 is 0. The summed E-state index contributed by atoms with van der Waals surface area (Å²) in [7, 11) is 0. The first kappa shape index (κ1) is 20.5. The molecule has 146 valence electrons. The molecule has 9 nitrogen and oxygen atoms in total. The van der Waals surface area contributed by atoms with Crippen LogP contribution in [0.5, 0.6) is 0 Å². The van der Waals surface area contributed by atoms with Gasteiger partial charge in [0.1, 0.15) is 11.6 Å². The summed E-state index contributed by atoms with van der Waals surface area (Å²) in [4.78, 5) is 51.8. The van der Waals surface area contributed by atoms with Gasteiger partial charge in [0.2, 0.25) is 23.6 Å². The van der Waals surface area contributed by atoms with Gasteiger partial charge in [0.05, 0.1) is 5.54 Å². The highest BCUT2D eigenvalue weighted by Crippen LogP contribution is 2.40. The maximum atomic E-state index is 13.1. The van der Waals surface area contributed by atoms with Crippen LogP contribution >= 0.6 is 12.6 Å². The third-order valence-corrected chi connectivity index (χ3v) is 5.76. The molecule has 6 N–H and O–H groups in total. The maximum Gasteiger partial charge on any atom is 0.249 e. The largest absolute Gasteiger partial charge is 0.370 e. The van der Waals surface area contributed by atoms with Gasteiger partial charge in [-0.2, -0.15) is 12.6 Å². The molecule has 4 amide bonds. The van der Waals surface area contributed by atoms with Crippen LogP contribution < -0.4 is 17.2 Å². The van der Waals surface area contributed by atoms with Crippen LogP contribution in [-0.2, 0) is 19.2 Å². The predicted octanol–water partition coefficient (Wildman–Crippen LogP) is -1.65. The molecule has 0 radical (unpaired) electrons. The standard InChI is InChI=1S/C16H27N5O4S/c1-15(19,5-3-11(17)22)13(24)21-7-2-4-16(21)6-8-20(14(16)25)10(9-26)12(18)23/h10,26H,2-9,19H2,1H3,(H2,17,22)(H2,18,23)/t10-,15?,16?/m0/s1. The number of rotatable bonds is 7. The van der Waals surface area contributed by atoms with Crippen molar-refractivity contribution in [2.45, 2.75) is 56.1 Å². The molecule has 3 atom stereocenters. The molecule has 0 aliphatic carbocycles. The zero-order chi connectivity index (χ0) is 19.7. The van der Waals surface area contributed by atoms with Gasteiger partial charge in [-0.15, -0.1) is 0 Å². The average molecular weight is 385 g/mol. The van der Waals surface area contributed by atoms with Gasteiger partial charge < -0.3 is 27.0 Å². The first-order valence-corrected chi connectivity index (χ1v) is 9.30. The monoisotopic (exact) mass is 385 g/mol. The van der Waals surface area contributed by atoms with Crippen LogP contribution in [0.2, 0.25) is 0 Å². The molecular weight excluding hydrogens is 358 g/mol. The smallest absolute Gasteiger partial charge is 0.249 e. The highest BCUT2D eigenvalue weighted by Gasteiger charge is 2.57. The van der Waals surface area contributed by atoms with Crippen molar-refractivity contribution >= 4 is 36.3 Å². The fourth-order valence-corrected chi connectivity index (χ4v) is 4.25. The van der Waals surface area contributed by atoms with Crippen LogP contribution in [0.3, 0.4) is 0 Å². The van der Waals surface area contributed by atoms with Gasteiger partial charge in [0.15, 0.2) is 0 Å². The second-order valence-electron chi connectivity index (χ2n) is 7.32. The molecule has 2 aliphatic rings. The molecule has 1 spiro atoms. The molecule has 2 saturated heterocycles. The highest BCUT2D eigenvalue weighted by molar-refractivity contribution is 7.80. The molecule has 0 aromatic rings. The van der Waals surface area contributed by atoms with Gasteiger partial charge in [0, 0.05) is 25.3 Å². The van der Waals surface area contributed by atoms with Crippen molar-refractivity contribution in [2.75, 3.05) is 18.8 Å². The number of likely N-dealkylation sites (tertiary alicyclic amines) is 2. The van der Waals surface area contributed by atoms with E-state index in [1.807, 2.05) is 0 Å². The Morgan fingerprint density at radius 3 is 2.46 bits per heavy atom. The summed E-state index contributed by atoms with van der Waals surface area (Å²) >= 11 is 4.12. The molecule has 26 heavy (non-hydrogen) atoms. The van der Waals surface area contributed by atoms with E-state index in [-0.39, 0.29) is 30.4 Å². The van der Waals surface area contributed by atoms with E-state index < -0.39 is 28.9 Å². The van der Waals surface area contributed by atoms with Gasteiger partial charge in [-0.05, 0) is 32.6 Å². The Bertz CT molecular complexity index is 626. The van der Waals surface area contributed by atoms with Crippen molar-refractivity contribution in [3.63, 3.8) is 0 Å². The minimum atomic E-state index is -1.30. The van der Waals surface area contributed by atoms with E-state index in [9.17, 15) is 19.2 Å². The van der Waals surface area contributed by atoms with E-state index in [2.05, 4.69) is 12.6 Å². The van der Waals surface area contributed by atoms with E-state index in [4.69, 9.17) is 17.2 Å². The topological polar surface area (TPSA) is 153 Å². The van der Waals surface area contributed by atoms with Crippen molar-refractivity contribution in [2.24, 2.45) is 17.2 Å². The number of hydrogen-bond donors (Lipinski definition) is 4. The summed E-state index contributed by atoms with van der Waals surface area (Å²) in [6, 6.07) is -0.804. The summed E-state index contributed by atoms with van der Waals surface area (Å²) in [6.07, 6.45) is 1.69. The van der Waals surface area contributed by atoms with Crippen molar-refractivity contribution in [3.8, 4) is 0 Å². The molecule has 10 heteroatoms. The van der Waals surface area contributed by atoms with Gasteiger partial charge in [-0.3, -0.25) is 19.2 Å². The fraction of sp³-hybridized carbons (Fsp3) is 0.750. The minimum absolute atomic E-state index is 0.0109. The van der Waals surface area contributed by atoms with Crippen molar-refractivity contribution in [1.82, 2.24) is 9.80 Å². The van der Waals surface area contributed by atoms with Crippen molar-refractivity contribution in [1.29, 1.82) is 0 Å². The lowest BCUT2D eigenvalue weighted by Crippen LogP contribution is -2.62. The maximum absolute atomic E-state index is 13.1. The third-order valence-electron chi connectivity index (χ3n) is 5.42. The molecule has 0 saturated carbocycles. The summed E-state index contributed by atoms with van der Waals surface area (Å²) in [5.74, 6) is -1.70. The number of nitrogens with zero attached hydrogens (tertiary/aromatic N) is 2. The Balaban J connectivity index is 2.24. The molecule has 0 aromatic carbocycles. The Morgan fingerprint density at radius 2 is 1.92 bits per heavy atom. The summed E-state index contributed by atoms with van der Waals surface area (Å²) in [5.41, 5.74) is 14.4. The molecule has 0 aromatic heterocycles. The lowest BCUT2D eigenvalue weighted by molar-refractivity contribution is -0.151. The normalized spacial score (nSPS) is 26.2. The zero-order valence-corrected chi connectivity index (χ0v) is 15.8. The van der Waals surface area contributed by atoms with Crippen LogP contribution in [0.1, 0.15) is 39.0 Å². The van der Waals surface area contributed by atoms with Crippen LogP contribution in [0.15, 0.2) is 0 Å². The molecular formula is C16H27N5O4S. The second-order valence-corrected chi connectivity index (χ2v) is 7.69. The summed E-state index contributed by atoms with van der Waals surface area (Å²) in [5, 5.41) is 0. The van der Waals surface area contributed by atoms with Gasteiger partial charge in [-0.1, -0.05) is 0 Å². The van der Waals surface area contributed by atoms with E-state index >= 15 is 0 Å². The van der Waals surface area contributed by atoms with E-state index in [1.165, 1.54) is 9.80 Å². The van der Waals surface area contributed by atoms with Gasteiger partial charge in [-0.25, -0.2) is 0 Å². The fourth-order valence-electron chi connectivity index (χ4n) is 3.88. The molecule has 0 bridgehead atoms. The predicted molar refractivity (Wildman–Crippen MR) is 97.9 cm³/mol. The number of primary amides is 2. The number of hydrogen-bond acceptors (Lipinski definition) is 6. The molecule has 2 fully saturated rings. The first-order chi connectivity index (χ1) is 12.1. The SMILES string of the molecule is CC(N)(CCC(N)=O)C(=O)N1CCCC12CCN([C@@H](CS)C(N)=O)C2=O. The number of carbonyl (C=O) groups is 4. The van der Waals surface area contributed by atoms with Crippen LogP contribution in [-0.4, -0.2) is 69.4 Å². The zero-order valence-electron chi connectivity index (χ0n) is 14.9. The highest BCUT2D eigenvalue weighted by atomic mass is 32.1. The Morgan fingerprint density at radius 1 is 1.27 bits per heavy atom. The number of amides is 4. The third kappa shape index (κ3) is 3.52. The van der Waals surface area contributed by atoms with E-state index in [0.29, 0.717) is 32.4 Å². The Kier molecular flexibility index (Phi) is 5.86. The average Bonchev–Trinajstić information content (AvgIpc) is 3.12. The molecule has 2 rings (SSSR count). The summed E-state index contributed by atoms with van der Waals surface area (Å²) in [6.45, 7) is 2.28. The van der Waals surface area contributed by atoms with Crippen molar-refractivity contribution < 1.29 is 19.2 Å². The molecule has 2 unspecified atom stereocenters. The number of carbonyl (C=O) groups excluding carboxylic acids is 4. The Labute approximate surface area is 158 Å². The van der Waals surface area contributed by atoms with E-state index in [1.54, 1.807) is 6.92 Å². The van der Waals surface area contributed by atoms with Crippen LogP contribution in [0, 0.1) is 0 Å². The Hall–Kier alpha value is -1.81. The number of thiol groups is 1. The second kappa shape index (κ2) is 7.43. The quantitative estimate of drug-likeness (QED) is 0.387. The lowest BCUT2D eigenvalue weighted by atomic mass is 9.89. The van der Waals surface area contributed by atoms with Crippen LogP contribution in [0.4, 0.5) is 0 Å². The van der Waals surface area contributed by atoms with Crippen molar-refractivity contribution in [3.05, 3.63) is 0 Å². The number of nitrogens with two attached hydrogens (primary N) is 3. The molecule has 2 aliphatic heterocycles. The van der Waals surface area contributed by atoms with Gasteiger partial charge >= 0.3 is 0 Å². The lowest BCUT2D eigenvalue weighted by Gasteiger charge is -2.38. The van der Waals surface area contributed by atoms with Gasteiger partial charge in [0.25, 0.3) is 0 Å². The minimum Gasteiger partial charge on any atom is -0.370 e. The molecule has 2 heterocycles. The first-order valence-electron chi connectivity index (χ1n) is 8.67. The van der Waals surface area contributed by atoms with Crippen LogP contribution in [0.25, 0.3) is 0 Å². The van der Waals surface area contributed by atoms with E-state index in [0.717, 1.165) is 0 Å².